The van der Waals surface area contributed by atoms with E-state index >= 15 is 0 Å². The second-order valence-corrected chi connectivity index (χ2v) is 3.74. The van der Waals surface area contributed by atoms with Gasteiger partial charge in [-0.15, -0.1) is 0 Å². The van der Waals surface area contributed by atoms with E-state index in [1.54, 1.807) is 23.1 Å². The van der Waals surface area contributed by atoms with E-state index in [0.717, 1.165) is 0 Å². The van der Waals surface area contributed by atoms with Gasteiger partial charge in [0, 0.05) is 6.20 Å². The van der Waals surface area contributed by atoms with Crippen LogP contribution in [0.25, 0.3) is 0 Å². The molecule has 84 valence electrons. The predicted molar refractivity (Wildman–Crippen MR) is 63.6 cm³/mol. The maximum atomic E-state index is 5.74. The summed E-state index contributed by atoms with van der Waals surface area (Å²) in [6.45, 7) is 1.15. The van der Waals surface area contributed by atoms with E-state index in [4.69, 9.17) is 22.1 Å². The zero-order valence-corrected chi connectivity index (χ0v) is 9.39. The molecule has 0 unspecified atom stereocenters. The van der Waals surface area contributed by atoms with Crippen molar-refractivity contribution in [2.75, 3.05) is 12.3 Å². The number of nitrogens with two attached hydrogens (primary N) is 1. The fourth-order valence-electron chi connectivity index (χ4n) is 1.32. The number of hydrogen-bond donors (Lipinski definition) is 1. The zero-order valence-electron chi connectivity index (χ0n) is 8.64. The molecule has 1 aromatic heterocycles. The highest BCUT2D eigenvalue weighted by atomic mass is 35.5. The first-order valence-corrected chi connectivity index (χ1v) is 5.29. The predicted octanol–water partition coefficient (Wildman–Crippen LogP) is 2.20. The number of halogens is 1. The van der Waals surface area contributed by atoms with Crippen molar-refractivity contribution in [3.8, 4) is 5.75 Å². The Morgan fingerprint density at radius 2 is 2.19 bits per heavy atom. The summed E-state index contributed by atoms with van der Waals surface area (Å²) in [5, 5.41) is 4.67. The molecule has 0 saturated carbocycles. The number of nitrogen functional groups attached to an aromatic ring is 1. The van der Waals surface area contributed by atoms with Crippen LogP contribution in [0, 0.1) is 0 Å². The van der Waals surface area contributed by atoms with Crippen LogP contribution in [0.15, 0.2) is 36.7 Å². The van der Waals surface area contributed by atoms with E-state index in [0.29, 0.717) is 29.6 Å². The van der Waals surface area contributed by atoms with E-state index in [1.807, 2.05) is 18.2 Å². The molecule has 5 heteroatoms. The third-order valence-electron chi connectivity index (χ3n) is 2.10. The average molecular weight is 238 g/mol. The lowest BCUT2D eigenvalue weighted by molar-refractivity contribution is 0.293. The summed E-state index contributed by atoms with van der Waals surface area (Å²) in [6, 6.07) is 7.40. The van der Waals surface area contributed by atoms with Gasteiger partial charge in [-0.05, 0) is 12.1 Å². The van der Waals surface area contributed by atoms with Gasteiger partial charge in [0.05, 0.1) is 23.5 Å². The molecule has 2 rings (SSSR count). The number of ether oxygens (including phenoxy) is 1. The van der Waals surface area contributed by atoms with Crippen molar-refractivity contribution in [3.05, 3.63) is 41.7 Å². The fourth-order valence-corrected chi connectivity index (χ4v) is 1.48. The van der Waals surface area contributed by atoms with E-state index in [-0.39, 0.29) is 0 Å². The molecule has 0 bridgehead atoms. The van der Waals surface area contributed by atoms with Gasteiger partial charge in [-0.3, -0.25) is 4.68 Å². The molecule has 16 heavy (non-hydrogen) atoms. The molecule has 0 saturated heterocycles. The van der Waals surface area contributed by atoms with Crippen LogP contribution in [0.4, 0.5) is 5.69 Å². The number of hydrogen-bond acceptors (Lipinski definition) is 3. The molecule has 2 aromatic rings. The first-order chi connectivity index (χ1) is 7.75. The standard InChI is InChI=1S/C11H12ClN3O/c12-9-7-14-15(8-9)5-6-16-11-4-2-1-3-10(11)13/h1-4,7-8H,5-6,13H2. The minimum Gasteiger partial charge on any atom is -0.490 e. The van der Waals surface area contributed by atoms with E-state index in [9.17, 15) is 0 Å². The maximum Gasteiger partial charge on any atom is 0.142 e. The summed E-state index contributed by atoms with van der Waals surface area (Å²) >= 11 is 5.74. The number of nitrogens with zero attached hydrogens (tertiary/aromatic N) is 2. The molecular formula is C11H12ClN3O. The van der Waals surface area contributed by atoms with Crippen molar-refractivity contribution in [2.45, 2.75) is 6.54 Å². The Labute approximate surface area is 98.6 Å². The van der Waals surface area contributed by atoms with Crippen LogP contribution in [0.5, 0.6) is 5.75 Å². The monoisotopic (exact) mass is 237 g/mol. The number of rotatable bonds is 4. The summed E-state index contributed by atoms with van der Waals surface area (Å²) in [5.74, 6) is 0.695. The molecule has 0 amide bonds. The summed E-state index contributed by atoms with van der Waals surface area (Å²) in [4.78, 5) is 0. The van der Waals surface area contributed by atoms with E-state index < -0.39 is 0 Å². The van der Waals surface area contributed by atoms with Crippen molar-refractivity contribution in [1.29, 1.82) is 0 Å². The summed E-state index contributed by atoms with van der Waals surface area (Å²) in [7, 11) is 0. The Kier molecular flexibility index (Phi) is 3.31. The first-order valence-electron chi connectivity index (χ1n) is 4.91. The Balaban J connectivity index is 1.87. The van der Waals surface area contributed by atoms with Crippen LogP contribution < -0.4 is 10.5 Å². The minimum atomic E-state index is 0.506. The van der Waals surface area contributed by atoms with Crippen LogP contribution in [-0.4, -0.2) is 16.4 Å². The van der Waals surface area contributed by atoms with E-state index in [1.165, 1.54) is 0 Å². The molecule has 1 heterocycles. The van der Waals surface area contributed by atoms with Crippen LogP contribution in [-0.2, 0) is 6.54 Å². The Hall–Kier alpha value is -1.68. The van der Waals surface area contributed by atoms with E-state index in [2.05, 4.69) is 5.10 Å². The van der Waals surface area contributed by atoms with Crippen molar-refractivity contribution >= 4 is 17.3 Å². The maximum absolute atomic E-state index is 5.74. The Morgan fingerprint density at radius 3 is 2.88 bits per heavy atom. The molecule has 0 atom stereocenters. The SMILES string of the molecule is Nc1ccccc1OCCn1cc(Cl)cn1. The zero-order chi connectivity index (χ0) is 11.4. The van der Waals surface area contributed by atoms with Crippen molar-refractivity contribution < 1.29 is 4.74 Å². The van der Waals surface area contributed by atoms with Gasteiger partial charge in [0.1, 0.15) is 12.4 Å². The fraction of sp³-hybridized carbons (Fsp3) is 0.182. The smallest absolute Gasteiger partial charge is 0.142 e. The number of para-hydroxylation sites is 2. The van der Waals surface area contributed by atoms with Gasteiger partial charge in [0.2, 0.25) is 0 Å². The molecular weight excluding hydrogens is 226 g/mol. The van der Waals surface area contributed by atoms with Crippen molar-refractivity contribution in [1.82, 2.24) is 9.78 Å². The second-order valence-electron chi connectivity index (χ2n) is 3.31. The number of aromatic nitrogens is 2. The molecule has 0 aliphatic carbocycles. The molecule has 0 spiro atoms. The molecule has 0 aliphatic heterocycles. The highest BCUT2D eigenvalue weighted by Gasteiger charge is 1.99. The van der Waals surface area contributed by atoms with Gasteiger partial charge in [-0.2, -0.15) is 5.10 Å². The number of anilines is 1. The van der Waals surface area contributed by atoms with Crippen molar-refractivity contribution in [3.63, 3.8) is 0 Å². The normalized spacial score (nSPS) is 10.3. The lowest BCUT2D eigenvalue weighted by atomic mass is 10.3. The largest absolute Gasteiger partial charge is 0.490 e. The van der Waals surface area contributed by atoms with Gasteiger partial charge < -0.3 is 10.5 Å². The quantitative estimate of drug-likeness (QED) is 0.830. The lowest BCUT2D eigenvalue weighted by Gasteiger charge is -2.08. The highest BCUT2D eigenvalue weighted by molar-refractivity contribution is 6.30. The van der Waals surface area contributed by atoms with Crippen molar-refractivity contribution in [2.24, 2.45) is 0 Å². The average Bonchev–Trinajstić information content (AvgIpc) is 2.67. The highest BCUT2D eigenvalue weighted by Crippen LogP contribution is 2.19. The summed E-state index contributed by atoms with van der Waals surface area (Å²) in [6.07, 6.45) is 3.34. The van der Waals surface area contributed by atoms with Crippen LogP contribution in [0.2, 0.25) is 5.02 Å². The molecule has 2 N–H and O–H groups in total. The first kappa shape index (κ1) is 10.8. The molecule has 1 aromatic carbocycles. The lowest BCUT2D eigenvalue weighted by Crippen LogP contribution is -2.09. The van der Waals surface area contributed by atoms with Crippen LogP contribution >= 0.6 is 11.6 Å². The van der Waals surface area contributed by atoms with Gasteiger partial charge in [0.25, 0.3) is 0 Å². The van der Waals surface area contributed by atoms with Gasteiger partial charge in [-0.1, -0.05) is 23.7 Å². The Morgan fingerprint density at radius 1 is 1.38 bits per heavy atom. The minimum absolute atomic E-state index is 0.506. The topological polar surface area (TPSA) is 53.1 Å². The Bertz CT molecular complexity index is 470. The third kappa shape index (κ3) is 2.67. The molecule has 4 nitrogen and oxygen atoms in total. The van der Waals surface area contributed by atoms with Gasteiger partial charge >= 0.3 is 0 Å². The second kappa shape index (κ2) is 4.90. The molecule has 0 radical (unpaired) electrons. The number of benzene rings is 1. The van der Waals surface area contributed by atoms with Crippen LogP contribution in [0.1, 0.15) is 0 Å². The molecule has 0 aliphatic rings. The summed E-state index contributed by atoms with van der Waals surface area (Å²) < 4.78 is 7.24. The summed E-state index contributed by atoms with van der Waals surface area (Å²) in [5.41, 5.74) is 6.38. The van der Waals surface area contributed by atoms with Gasteiger partial charge in [-0.25, -0.2) is 0 Å². The van der Waals surface area contributed by atoms with Gasteiger partial charge in [0.15, 0.2) is 0 Å². The molecule has 0 fully saturated rings. The van der Waals surface area contributed by atoms with Crippen LogP contribution in [0.3, 0.4) is 0 Å². The third-order valence-corrected chi connectivity index (χ3v) is 2.29.